The summed E-state index contributed by atoms with van der Waals surface area (Å²) >= 11 is 1.41. The first-order chi connectivity index (χ1) is 7.13. The van der Waals surface area contributed by atoms with Crippen LogP contribution in [0.15, 0.2) is 0 Å². The minimum atomic E-state index is 0.494. The molecule has 0 saturated heterocycles. The fourth-order valence-corrected chi connectivity index (χ4v) is 2.56. The third-order valence-electron chi connectivity index (χ3n) is 2.99. The molecule has 2 N–H and O–H groups in total. The molecule has 5 heteroatoms. The molecular weight excluding hydrogens is 210 g/mol. The number of hydrogen-bond acceptors (Lipinski definition) is 5. The number of nitrogens with zero attached hydrogens (tertiary/aromatic N) is 2. The Morgan fingerprint density at radius 3 is 2.87 bits per heavy atom. The van der Waals surface area contributed by atoms with Crippen LogP contribution in [0.3, 0.4) is 0 Å². The van der Waals surface area contributed by atoms with Gasteiger partial charge in [0.05, 0.1) is 7.11 Å². The number of rotatable bonds is 4. The number of aromatic nitrogens is 1. The van der Waals surface area contributed by atoms with Crippen molar-refractivity contribution in [1.29, 1.82) is 0 Å². The summed E-state index contributed by atoms with van der Waals surface area (Å²) in [7, 11) is 3.71. The molecule has 0 aromatic carbocycles. The van der Waals surface area contributed by atoms with Crippen LogP contribution in [0.2, 0.25) is 0 Å². The maximum atomic E-state index is 5.71. The Morgan fingerprint density at radius 2 is 2.33 bits per heavy atom. The molecule has 2 atom stereocenters. The molecule has 4 nitrogen and oxygen atoms in total. The van der Waals surface area contributed by atoms with Gasteiger partial charge in [-0.15, -0.1) is 0 Å². The number of methoxy groups -OCH3 is 1. The van der Waals surface area contributed by atoms with Crippen molar-refractivity contribution in [2.24, 2.45) is 11.8 Å². The van der Waals surface area contributed by atoms with Gasteiger partial charge >= 0.3 is 0 Å². The lowest BCUT2D eigenvalue weighted by Crippen LogP contribution is -2.20. The van der Waals surface area contributed by atoms with Crippen molar-refractivity contribution in [3.63, 3.8) is 0 Å². The summed E-state index contributed by atoms with van der Waals surface area (Å²) in [5.41, 5.74) is 5.71. The van der Waals surface area contributed by atoms with Crippen LogP contribution < -0.4 is 15.4 Å². The quantitative estimate of drug-likeness (QED) is 0.852. The van der Waals surface area contributed by atoms with Gasteiger partial charge in [-0.05, 0) is 29.8 Å². The van der Waals surface area contributed by atoms with E-state index in [1.54, 1.807) is 7.11 Å². The first-order valence-corrected chi connectivity index (χ1v) is 5.91. The van der Waals surface area contributed by atoms with Gasteiger partial charge in [-0.1, -0.05) is 6.92 Å². The molecule has 2 unspecified atom stereocenters. The predicted octanol–water partition coefficient (Wildman–Crippen LogP) is 1.83. The van der Waals surface area contributed by atoms with Gasteiger partial charge in [-0.3, -0.25) is 0 Å². The summed E-state index contributed by atoms with van der Waals surface area (Å²) in [5, 5.41) is 1.04. The number of anilines is 2. The molecule has 0 aliphatic heterocycles. The third kappa shape index (κ3) is 2.02. The summed E-state index contributed by atoms with van der Waals surface area (Å²) in [6.07, 6.45) is 1.33. The van der Waals surface area contributed by atoms with Crippen molar-refractivity contribution in [2.45, 2.75) is 13.3 Å². The minimum absolute atomic E-state index is 0.494. The van der Waals surface area contributed by atoms with E-state index < -0.39 is 0 Å². The zero-order chi connectivity index (χ0) is 11.0. The fourth-order valence-electron chi connectivity index (χ4n) is 1.81. The van der Waals surface area contributed by atoms with E-state index >= 15 is 0 Å². The highest BCUT2D eigenvalue weighted by molar-refractivity contribution is 7.11. The van der Waals surface area contributed by atoms with E-state index in [9.17, 15) is 0 Å². The zero-order valence-corrected chi connectivity index (χ0v) is 10.2. The third-order valence-corrected chi connectivity index (χ3v) is 3.95. The van der Waals surface area contributed by atoms with Gasteiger partial charge in [-0.25, -0.2) is 0 Å². The van der Waals surface area contributed by atoms with Crippen molar-refractivity contribution >= 4 is 22.4 Å². The van der Waals surface area contributed by atoms with E-state index in [1.165, 1.54) is 18.0 Å². The summed E-state index contributed by atoms with van der Waals surface area (Å²) in [5.74, 6) is 2.90. The lowest BCUT2D eigenvalue weighted by molar-refractivity contribution is 0.418. The molecule has 1 aliphatic rings. The van der Waals surface area contributed by atoms with Crippen LogP contribution in [0.1, 0.15) is 13.3 Å². The minimum Gasteiger partial charge on any atom is -0.490 e. The first-order valence-electron chi connectivity index (χ1n) is 5.13. The fraction of sp³-hybridized carbons (Fsp3) is 0.700. The molecule has 1 aromatic rings. The van der Waals surface area contributed by atoms with Gasteiger partial charge < -0.3 is 15.4 Å². The largest absolute Gasteiger partial charge is 0.490 e. The number of ether oxygens (including phenoxy) is 1. The molecule has 1 saturated carbocycles. The monoisotopic (exact) mass is 227 g/mol. The molecule has 15 heavy (non-hydrogen) atoms. The molecule has 1 aromatic heterocycles. The maximum absolute atomic E-state index is 5.71. The van der Waals surface area contributed by atoms with Crippen LogP contribution >= 0.6 is 11.5 Å². The van der Waals surface area contributed by atoms with Crippen molar-refractivity contribution in [1.82, 2.24) is 4.37 Å². The average Bonchev–Trinajstić information content (AvgIpc) is 2.76. The lowest BCUT2D eigenvalue weighted by Gasteiger charge is -2.17. The smallest absolute Gasteiger partial charge is 0.197 e. The first kappa shape index (κ1) is 10.5. The van der Waals surface area contributed by atoms with E-state index in [4.69, 9.17) is 10.5 Å². The Morgan fingerprint density at radius 1 is 1.67 bits per heavy atom. The van der Waals surface area contributed by atoms with Gasteiger partial charge in [0.15, 0.2) is 16.6 Å². The lowest BCUT2D eigenvalue weighted by atomic mass is 10.3. The Labute approximate surface area is 94.2 Å². The summed E-state index contributed by atoms with van der Waals surface area (Å²) < 4.78 is 9.36. The van der Waals surface area contributed by atoms with E-state index in [2.05, 4.69) is 23.2 Å². The van der Waals surface area contributed by atoms with Gasteiger partial charge in [0.2, 0.25) is 0 Å². The topological polar surface area (TPSA) is 51.4 Å². The van der Waals surface area contributed by atoms with E-state index in [0.717, 1.165) is 29.1 Å². The molecule has 0 amide bonds. The zero-order valence-electron chi connectivity index (χ0n) is 9.36. The highest BCUT2D eigenvalue weighted by atomic mass is 32.1. The normalized spacial score (nSPS) is 23.9. The Bertz CT molecular complexity index is 352. The second kappa shape index (κ2) is 3.89. The Hall–Kier alpha value is -0.970. The van der Waals surface area contributed by atoms with Gasteiger partial charge in [0.25, 0.3) is 0 Å². The summed E-state index contributed by atoms with van der Waals surface area (Å²) in [6.45, 7) is 3.36. The highest BCUT2D eigenvalue weighted by Gasteiger charge is 2.34. The van der Waals surface area contributed by atoms with Gasteiger partial charge in [0, 0.05) is 13.6 Å². The van der Waals surface area contributed by atoms with E-state index in [0.29, 0.717) is 5.82 Å². The standard InChI is InChI=1S/C10H17N3OS/c1-6-4-7(6)5-13(2)10-8(14-3)9(11)12-15-10/h6-7H,4-5H2,1-3H3,(H2,11,12). The van der Waals surface area contributed by atoms with Crippen LogP contribution in [-0.2, 0) is 0 Å². The van der Waals surface area contributed by atoms with Crippen molar-refractivity contribution in [2.75, 3.05) is 31.3 Å². The summed E-state index contributed by atoms with van der Waals surface area (Å²) in [6, 6.07) is 0. The van der Waals surface area contributed by atoms with Crippen LogP contribution in [0.5, 0.6) is 5.75 Å². The maximum Gasteiger partial charge on any atom is 0.197 e. The van der Waals surface area contributed by atoms with Crippen molar-refractivity contribution < 1.29 is 4.74 Å². The van der Waals surface area contributed by atoms with E-state index in [-0.39, 0.29) is 0 Å². The van der Waals surface area contributed by atoms with Crippen molar-refractivity contribution in [3.8, 4) is 5.75 Å². The molecule has 0 radical (unpaired) electrons. The van der Waals surface area contributed by atoms with Crippen LogP contribution in [0, 0.1) is 11.8 Å². The number of nitrogen functional groups attached to an aromatic ring is 1. The number of nitrogens with two attached hydrogens (primary N) is 1. The molecule has 1 heterocycles. The molecule has 1 fully saturated rings. The molecular formula is C10H17N3OS. The van der Waals surface area contributed by atoms with Gasteiger partial charge in [-0.2, -0.15) is 4.37 Å². The van der Waals surface area contributed by atoms with E-state index in [1.807, 2.05) is 0 Å². The van der Waals surface area contributed by atoms with Crippen LogP contribution in [0.25, 0.3) is 0 Å². The Kier molecular flexibility index (Phi) is 2.73. The molecule has 84 valence electrons. The molecule has 0 spiro atoms. The second-order valence-electron chi connectivity index (χ2n) is 4.26. The summed E-state index contributed by atoms with van der Waals surface area (Å²) in [4.78, 5) is 2.20. The van der Waals surface area contributed by atoms with Crippen LogP contribution in [0.4, 0.5) is 10.8 Å². The highest BCUT2D eigenvalue weighted by Crippen LogP contribution is 2.42. The molecule has 2 rings (SSSR count). The number of hydrogen-bond donors (Lipinski definition) is 1. The SMILES string of the molecule is COc1c(N)nsc1N(C)CC1CC1C. The second-order valence-corrected chi connectivity index (χ2v) is 5.01. The molecule has 0 bridgehead atoms. The predicted molar refractivity (Wildman–Crippen MR) is 63.6 cm³/mol. The average molecular weight is 227 g/mol. The van der Waals surface area contributed by atoms with Gasteiger partial charge in [0.1, 0.15) is 0 Å². The molecule has 1 aliphatic carbocycles. The van der Waals surface area contributed by atoms with Crippen LogP contribution in [-0.4, -0.2) is 25.1 Å². The van der Waals surface area contributed by atoms with Crippen molar-refractivity contribution in [3.05, 3.63) is 0 Å². The Balaban J connectivity index is 2.07.